The van der Waals surface area contributed by atoms with E-state index in [1.165, 1.54) is 10.1 Å². The molecule has 0 amide bonds. The van der Waals surface area contributed by atoms with Crippen LogP contribution in [-0.2, 0) is 0 Å². The third-order valence-corrected chi connectivity index (χ3v) is 6.16. The average molecular weight is 437 g/mol. The van der Waals surface area contributed by atoms with Gasteiger partial charge in [-0.3, -0.25) is 4.57 Å². The summed E-state index contributed by atoms with van der Waals surface area (Å²) in [5, 5.41) is 4.04. The number of thiazole rings is 1. The minimum atomic E-state index is -0.385. The monoisotopic (exact) mass is 436 g/mol. The fraction of sp³-hybridized carbons (Fsp3) is 0.0385. The highest BCUT2D eigenvalue weighted by molar-refractivity contribution is 7.18. The molecule has 1 N–H and O–H groups in total. The van der Waals surface area contributed by atoms with Crippen LogP contribution in [0.4, 0.5) is 11.5 Å². The van der Waals surface area contributed by atoms with Crippen molar-refractivity contribution in [2.24, 2.45) is 0 Å². The standard InChI is InChI=1S/C26H20N4OS/c1-18-12-14-21(15-13-18)27-22-16-17-30(26(31)28-22)24-23(19-8-4-2-5-9-19)32-25(29-24)20-10-6-3-7-11-20/h2-17H,1H3,(H,27,28,31). The fourth-order valence-corrected chi connectivity index (χ4v) is 4.44. The molecule has 32 heavy (non-hydrogen) atoms. The predicted octanol–water partition coefficient (Wildman–Crippen LogP) is 6.08. The predicted molar refractivity (Wildman–Crippen MR) is 131 cm³/mol. The second-order valence-corrected chi connectivity index (χ2v) is 8.36. The van der Waals surface area contributed by atoms with Gasteiger partial charge in [-0.05, 0) is 30.7 Å². The number of hydrogen-bond donors (Lipinski definition) is 1. The van der Waals surface area contributed by atoms with Crippen LogP contribution in [0, 0.1) is 6.92 Å². The molecule has 0 atom stereocenters. The third kappa shape index (κ3) is 4.08. The van der Waals surface area contributed by atoms with Crippen LogP contribution in [0.5, 0.6) is 0 Å². The van der Waals surface area contributed by atoms with Crippen molar-refractivity contribution in [2.45, 2.75) is 6.92 Å². The van der Waals surface area contributed by atoms with E-state index in [0.29, 0.717) is 11.6 Å². The van der Waals surface area contributed by atoms with Gasteiger partial charge in [0.2, 0.25) is 0 Å². The number of benzene rings is 3. The summed E-state index contributed by atoms with van der Waals surface area (Å²) in [6, 6.07) is 29.7. The fourth-order valence-electron chi connectivity index (χ4n) is 3.38. The average Bonchev–Trinajstić information content (AvgIpc) is 3.27. The zero-order chi connectivity index (χ0) is 21.9. The number of nitrogens with one attached hydrogen (secondary N) is 1. The molecule has 3 aromatic carbocycles. The third-order valence-electron chi connectivity index (χ3n) is 5.02. The van der Waals surface area contributed by atoms with Gasteiger partial charge in [-0.25, -0.2) is 9.78 Å². The number of anilines is 2. The molecule has 0 radical (unpaired) electrons. The Morgan fingerprint density at radius 3 is 2.09 bits per heavy atom. The lowest BCUT2D eigenvalue weighted by Crippen LogP contribution is -2.22. The first-order valence-corrected chi connectivity index (χ1v) is 11.0. The van der Waals surface area contributed by atoms with Crippen LogP contribution in [0.2, 0.25) is 0 Å². The van der Waals surface area contributed by atoms with Gasteiger partial charge in [-0.1, -0.05) is 78.4 Å². The number of rotatable bonds is 5. The van der Waals surface area contributed by atoms with Crippen LogP contribution < -0.4 is 11.0 Å². The molecule has 0 fully saturated rings. The van der Waals surface area contributed by atoms with Crippen molar-refractivity contribution in [1.82, 2.24) is 14.5 Å². The van der Waals surface area contributed by atoms with Crippen LogP contribution >= 0.6 is 11.3 Å². The Bertz CT molecular complexity index is 1410. The van der Waals surface area contributed by atoms with Gasteiger partial charge in [0.25, 0.3) is 0 Å². The van der Waals surface area contributed by atoms with Crippen LogP contribution in [0.15, 0.2) is 102 Å². The topological polar surface area (TPSA) is 59.8 Å². The molecule has 0 unspecified atom stereocenters. The van der Waals surface area contributed by atoms with Gasteiger partial charge in [0.1, 0.15) is 10.8 Å². The van der Waals surface area contributed by atoms with E-state index in [-0.39, 0.29) is 5.69 Å². The second-order valence-electron chi connectivity index (χ2n) is 7.36. The first-order chi connectivity index (χ1) is 15.7. The normalized spacial score (nSPS) is 10.8. The van der Waals surface area contributed by atoms with Crippen molar-refractivity contribution in [2.75, 3.05) is 5.32 Å². The summed E-state index contributed by atoms with van der Waals surface area (Å²) in [7, 11) is 0. The molecule has 0 bridgehead atoms. The van der Waals surface area contributed by atoms with Crippen molar-refractivity contribution < 1.29 is 0 Å². The van der Waals surface area contributed by atoms with Crippen molar-refractivity contribution in [3.8, 4) is 26.8 Å². The minimum absolute atomic E-state index is 0.385. The van der Waals surface area contributed by atoms with Gasteiger partial charge in [0, 0.05) is 17.4 Å². The van der Waals surface area contributed by atoms with E-state index in [2.05, 4.69) is 10.3 Å². The summed E-state index contributed by atoms with van der Waals surface area (Å²) >= 11 is 1.56. The lowest BCUT2D eigenvalue weighted by Gasteiger charge is -2.08. The lowest BCUT2D eigenvalue weighted by atomic mass is 10.2. The molecule has 5 aromatic rings. The molecule has 0 saturated heterocycles. The molecular weight excluding hydrogens is 416 g/mol. The largest absolute Gasteiger partial charge is 0.355 e. The van der Waals surface area contributed by atoms with Crippen molar-refractivity contribution in [3.63, 3.8) is 0 Å². The van der Waals surface area contributed by atoms with E-state index >= 15 is 0 Å². The molecule has 0 aliphatic carbocycles. The molecule has 5 nitrogen and oxygen atoms in total. The van der Waals surface area contributed by atoms with Crippen molar-refractivity contribution in [3.05, 3.63) is 113 Å². The quantitative estimate of drug-likeness (QED) is 0.363. The summed E-state index contributed by atoms with van der Waals surface area (Å²) in [5.74, 6) is 1.08. The van der Waals surface area contributed by atoms with Crippen LogP contribution in [0.3, 0.4) is 0 Å². The number of aromatic nitrogens is 3. The summed E-state index contributed by atoms with van der Waals surface area (Å²) in [4.78, 5) is 23.0. The number of nitrogens with zero attached hydrogens (tertiary/aromatic N) is 3. The highest BCUT2D eigenvalue weighted by Crippen LogP contribution is 2.37. The SMILES string of the molecule is Cc1ccc(Nc2ccn(-c3nc(-c4ccccc4)sc3-c3ccccc3)c(=O)n2)cc1. The van der Waals surface area contributed by atoms with Gasteiger partial charge in [0.05, 0.1) is 4.88 Å². The summed E-state index contributed by atoms with van der Waals surface area (Å²) < 4.78 is 1.51. The summed E-state index contributed by atoms with van der Waals surface area (Å²) in [6.07, 6.45) is 1.72. The molecule has 6 heteroatoms. The Morgan fingerprint density at radius 2 is 1.44 bits per heavy atom. The lowest BCUT2D eigenvalue weighted by molar-refractivity contribution is 0.895. The minimum Gasteiger partial charge on any atom is -0.340 e. The zero-order valence-corrected chi connectivity index (χ0v) is 18.2. The molecule has 0 spiro atoms. The first-order valence-electron chi connectivity index (χ1n) is 10.2. The van der Waals surface area contributed by atoms with E-state index in [4.69, 9.17) is 4.98 Å². The van der Waals surface area contributed by atoms with Gasteiger partial charge in [-0.2, -0.15) is 4.98 Å². The second kappa shape index (κ2) is 8.61. The molecule has 0 saturated carbocycles. The molecule has 5 rings (SSSR count). The van der Waals surface area contributed by atoms with Gasteiger partial charge < -0.3 is 5.32 Å². The highest BCUT2D eigenvalue weighted by Gasteiger charge is 2.17. The Hall–Kier alpha value is -4.03. The Labute approximate surface area is 189 Å². The molecule has 0 aliphatic rings. The van der Waals surface area contributed by atoms with E-state index in [1.54, 1.807) is 23.6 Å². The molecule has 0 aliphatic heterocycles. The van der Waals surface area contributed by atoms with Crippen LogP contribution in [-0.4, -0.2) is 14.5 Å². The Balaban J connectivity index is 1.57. The van der Waals surface area contributed by atoms with Crippen LogP contribution in [0.1, 0.15) is 5.56 Å². The maximum Gasteiger partial charge on any atom is 0.355 e. The number of aryl methyl sites for hydroxylation is 1. The van der Waals surface area contributed by atoms with Gasteiger partial charge in [-0.15, -0.1) is 11.3 Å². The smallest absolute Gasteiger partial charge is 0.340 e. The van der Waals surface area contributed by atoms with Crippen molar-refractivity contribution in [1.29, 1.82) is 0 Å². The zero-order valence-electron chi connectivity index (χ0n) is 17.4. The van der Waals surface area contributed by atoms with E-state index in [0.717, 1.165) is 26.7 Å². The van der Waals surface area contributed by atoms with E-state index in [9.17, 15) is 4.79 Å². The van der Waals surface area contributed by atoms with E-state index < -0.39 is 0 Å². The summed E-state index contributed by atoms with van der Waals surface area (Å²) in [6.45, 7) is 2.03. The Kier molecular flexibility index (Phi) is 5.35. The molecule has 2 aromatic heterocycles. The maximum absolute atomic E-state index is 13.0. The van der Waals surface area contributed by atoms with E-state index in [1.807, 2.05) is 91.9 Å². The van der Waals surface area contributed by atoms with Crippen molar-refractivity contribution >= 4 is 22.8 Å². The molecule has 2 heterocycles. The highest BCUT2D eigenvalue weighted by atomic mass is 32.1. The first kappa shape index (κ1) is 19.9. The van der Waals surface area contributed by atoms with Gasteiger partial charge >= 0.3 is 5.69 Å². The maximum atomic E-state index is 13.0. The molecular formula is C26H20N4OS. The summed E-state index contributed by atoms with van der Waals surface area (Å²) in [5.41, 5.74) is 3.69. The Morgan fingerprint density at radius 1 is 0.781 bits per heavy atom. The van der Waals surface area contributed by atoms with Gasteiger partial charge in [0.15, 0.2) is 5.82 Å². The van der Waals surface area contributed by atoms with Crippen LogP contribution in [0.25, 0.3) is 26.8 Å². The molecule has 156 valence electrons. The number of hydrogen-bond acceptors (Lipinski definition) is 5.